The highest BCUT2D eigenvalue weighted by Crippen LogP contribution is 2.12. The molecule has 0 amide bonds. The molecular weight excluding hydrogens is 182 g/mol. The first-order valence-corrected chi connectivity index (χ1v) is 4.70. The molecule has 0 aliphatic rings. The Labute approximate surface area is 82.8 Å². The first kappa shape index (κ1) is 10.7. The third kappa shape index (κ3) is 2.55. The summed E-state index contributed by atoms with van der Waals surface area (Å²) < 4.78 is 1.62. The molecule has 14 heavy (non-hydrogen) atoms. The van der Waals surface area contributed by atoms with Crippen LogP contribution in [0.3, 0.4) is 0 Å². The number of hydrogen-bond acceptors (Lipinski definition) is 3. The van der Waals surface area contributed by atoms with Gasteiger partial charge >= 0.3 is 5.97 Å². The molecule has 0 fully saturated rings. The van der Waals surface area contributed by atoms with Crippen LogP contribution in [-0.2, 0) is 18.3 Å². The maximum absolute atomic E-state index is 10.9. The summed E-state index contributed by atoms with van der Waals surface area (Å²) >= 11 is 0. The highest BCUT2D eigenvalue weighted by atomic mass is 16.4. The van der Waals surface area contributed by atoms with Crippen molar-refractivity contribution >= 4 is 5.97 Å². The lowest BCUT2D eigenvalue weighted by molar-refractivity contribution is -0.142. The van der Waals surface area contributed by atoms with Gasteiger partial charge in [0.25, 0.3) is 0 Å². The Kier molecular flexibility index (Phi) is 3.62. The fraction of sp³-hybridized carbons (Fsp3) is 0.667. The molecular formula is C9H15N3O2. The van der Waals surface area contributed by atoms with Gasteiger partial charge in [0, 0.05) is 13.5 Å². The zero-order valence-electron chi connectivity index (χ0n) is 8.47. The first-order valence-electron chi connectivity index (χ1n) is 4.70. The minimum Gasteiger partial charge on any atom is -0.481 e. The fourth-order valence-electron chi connectivity index (χ4n) is 1.39. The summed E-state index contributed by atoms with van der Waals surface area (Å²) in [5, 5.41) is 12.8. The number of aryl methyl sites for hydroxylation is 1. The number of carboxylic acids is 1. The maximum Gasteiger partial charge on any atom is 0.306 e. The Balaban J connectivity index is 2.64. The molecule has 78 valence electrons. The van der Waals surface area contributed by atoms with E-state index in [1.807, 2.05) is 6.92 Å². The molecule has 0 bridgehead atoms. The highest BCUT2D eigenvalue weighted by molar-refractivity contribution is 5.70. The van der Waals surface area contributed by atoms with Crippen molar-refractivity contribution < 1.29 is 9.90 Å². The van der Waals surface area contributed by atoms with Crippen molar-refractivity contribution in [3.63, 3.8) is 0 Å². The van der Waals surface area contributed by atoms with Gasteiger partial charge < -0.3 is 5.11 Å². The third-order valence-electron chi connectivity index (χ3n) is 2.22. The van der Waals surface area contributed by atoms with Crippen molar-refractivity contribution in [2.24, 2.45) is 13.0 Å². The Morgan fingerprint density at radius 3 is 2.86 bits per heavy atom. The number of aliphatic carboxylic acids is 1. The predicted molar refractivity (Wildman–Crippen MR) is 50.7 cm³/mol. The highest BCUT2D eigenvalue weighted by Gasteiger charge is 2.18. The molecule has 0 spiro atoms. The van der Waals surface area contributed by atoms with Crippen LogP contribution in [0.5, 0.6) is 0 Å². The quantitative estimate of drug-likeness (QED) is 0.760. The molecule has 0 saturated heterocycles. The van der Waals surface area contributed by atoms with E-state index in [1.165, 1.54) is 6.33 Å². The van der Waals surface area contributed by atoms with Gasteiger partial charge in [0.2, 0.25) is 0 Å². The molecule has 1 heterocycles. The van der Waals surface area contributed by atoms with Crippen LogP contribution in [0.1, 0.15) is 25.6 Å². The summed E-state index contributed by atoms with van der Waals surface area (Å²) in [5.74, 6) is -0.372. The molecule has 5 heteroatoms. The Morgan fingerprint density at radius 2 is 2.43 bits per heavy atom. The van der Waals surface area contributed by atoms with Gasteiger partial charge in [-0.25, -0.2) is 4.98 Å². The van der Waals surface area contributed by atoms with Crippen molar-refractivity contribution in [1.29, 1.82) is 0 Å². The second-order valence-corrected chi connectivity index (χ2v) is 3.33. The van der Waals surface area contributed by atoms with Crippen LogP contribution in [0.2, 0.25) is 0 Å². The Hall–Kier alpha value is -1.39. The molecule has 1 rings (SSSR count). The van der Waals surface area contributed by atoms with Gasteiger partial charge in [-0.3, -0.25) is 9.48 Å². The molecule has 0 aliphatic heterocycles. The Bertz CT molecular complexity index is 309. The van der Waals surface area contributed by atoms with E-state index in [2.05, 4.69) is 10.1 Å². The van der Waals surface area contributed by atoms with Gasteiger partial charge in [-0.05, 0) is 6.42 Å². The zero-order valence-corrected chi connectivity index (χ0v) is 8.47. The number of carbonyl (C=O) groups is 1. The van der Waals surface area contributed by atoms with E-state index in [0.717, 1.165) is 12.2 Å². The lowest BCUT2D eigenvalue weighted by atomic mass is 10.00. The van der Waals surface area contributed by atoms with Gasteiger partial charge in [0.05, 0.1) is 5.92 Å². The third-order valence-corrected chi connectivity index (χ3v) is 2.22. The van der Waals surface area contributed by atoms with Crippen LogP contribution in [-0.4, -0.2) is 25.8 Å². The topological polar surface area (TPSA) is 68.0 Å². The lowest BCUT2D eigenvalue weighted by Crippen LogP contribution is -2.18. The second kappa shape index (κ2) is 4.74. The van der Waals surface area contributed by atoms with Crippen molar-refractivity contribution in [2.75, 3.05) is 0 Å². The monoisotopic (exact) mass is 197 g/mol. The van der Waals surface area contributed by atoms with E-state index >= 15 is 0 Å². The molecule has 1 atom stereocenters. The SMILES string of the molecule is CCCC(Cc1ncnn1C)C(=O)O. The molecule has 1 aromatic heterocycles. The average Bonchev–Trinajstić information content (AvgIpc) is 2.51. The van der Waals surface area contributed by atoms with Crippen LogP contribution < -0.4 is 0 Å². The minimum absolute atomic E-state index is 0.345. The zero-order chi connectivity index (χ0) is 10.6. The summed E-state index contributed by atoms with van der Waals surface area (Å²) in [5.41, 5.74) is 0. The van der Waals surface area contributed by atoms with Crippen LogP contribution in [0.25, 0.3) is 0 Å². The summed E-state index contributed by atoms with van der Waals surface area (Å²) in [7, 11) is 1.77. The molecule has 1 N–H and O–H groups in total. The molecule has 0 radical (unpaired) electrons. The lowest BCUT2D eigenvalue weighted by Gasteiger charge is -2.09. The van der Waals surface area contributed by atoms with Gasteiger partial charge in [-0.1, -0.05) is 13.3 Å². The normalized spacial score (nSPS) is 12.7. The molecule has 0 aliphatic carbocycles. The largest absolute Gasteiger partial charge is 0.481 e. The number of aromatic nitrogens is 3. The minimum atomic E-state index is -0.755. The maximum atomic E-state index is 10.9. The van der Waals surface area contributed by atoms with E-state index in [4.69, 9.17) is 5.11 Å². The van der Waals surface area contributed by atoms with Crippen molar-refractivity contribution in [2.45, 2.75) is 26.2 Å². The van der Waals surface area contributed by atoms with E-state index in [0.29, 0.717) is 12.8 Å². The van der Waals surface area contributed by atoms with Crippen LogP contribution in [0.15, 0.2) is 6.33 Å². The van der Waals surface area contributed by atoms with Crippen LogP contribution in [0.4, 0.5) is 0 Å². The van der Waals surface area contributed by atoms with Crippen molar-refractivity contribution in [3.8, 4) is 0 Å². The summed E-state index contributed by atoms with van der Waals surface area (Å²) in [6, 6.07) is 0. The summed E-state index contributed by atoms with van der Waals surface area (Å²) in [6.07, 6.45) is 3.46. The number of rotatable bonds is 5. The molecule has 1 aromatic rings. The van der Waals surface area contributed by atoms with Gasteiger partial charge in [0.15, 0.2) is 0 Å². The fourth-order valence-corrected chi connectivity index (χ4v) is 1.39. The number of nitrogens with zero attached hydrogens (tertiary/aromatic N) is 3. The van der Waals surface area contributed by atoms with Crippen LogP contribution >= 0.6 is 0 Å². The number of hydrogen-bond donors (Lipinski definition) is 1. The summed E-state index contributed by atoms with van der Waals surface area (Å²) in [4.78, 5) is 14.9. The first-order chi connectivity index (χ1) is 6.65. The Morgan fingerprint density at radius 1 is 1.71 bits per heavy atom. The van der Waals surface area contributed by atoms with E-state index < -0.39 is 5.97 Å². The molecule has 5 nitrogen and oxygen atoms in total. The van der Waals surface area contributed by atoms with E-state index in [-0.39, 0.29) is 5.92 Å². The van der Waals surface area contributed by atoms with E-state index in [1.54, 1.807) is 11.7 Å². The molecule has 1 unspecified atom stereocenters. The van der Waals surface area contributed by atoms with Crippen molar-refractivity contribution in [1.82, 2.24) is 14.8 Å². The van der Waals surface area contributed by atoms with Gasteiger partial charge in [-0.15, -0.1) is 0 Å². The van der Waals surface area contributed by atoms with E-state index in [9.17, 15) is 4.79 Å². The molecule has 0 aromatic carbocycles. The molecule has 0 saturated carbocycles. The second-order valence-electron chi connectivity index (χ2n) is 3.33. The van der Waals surface area contributed by atoms with Crippen molar-refractivity contribution in [3.05, 3.63) is 12.2 Å². The standard InChI is InChI=1S/C9H15N3O2/c1-3-4-7(9(13)14)5-8-10-6-11-12(8)2/h6-7H,3-5H2,1-2H3,(H,13,14). The smallest absolute Gasteiger partial charge is 0.306 e. The predicted octanol–water partition coefficient (Wildman–Crippen LogP) is 0.858. The summed E-state index contributed by atoms with van der Waals surface area (Å²) in [6.45, 7) is 1.98. The van der Waals surface area contributed by atoms with Gasteiger partial charge in [-0.2, -0.15) is 5.10 Å². The van der Waals surface area contributed by atoms with Crippen LogP contribution in [0, 0.1) is 5.92 Å². The average molecular weight is 197 g/mol. The number of carboxylic acid groups (broad SMARTS) is 1. The van der Waals surface area contributed by atoms with Gasteiger partial charge in [0.1, 0.15) is 12.2 Å².